The van der Waals surface area contributed by atoms with E-state index in [0.29, 0.717) is 25.6 Å². The van der Waals surface area contributed by atoms with Crippen molar-refractivity contribution < 1.29 is 14.2 Å². The van der Waals surface area contributed by atoms with Crippen molar-refractivity contribution in [2.24, 2.45) is 0 Å². The number of rotatable bonds is 6. The lowest BCUT2D eigenvalue weighted by Gasteiger charge is -2.19. The Morgan fingerprint density at radius 1 is 0.885 bits per heavy atom. The van der Waals surface area contributed by atoms with Gasteiger partial charge in [0.05, 0.1) is 0 Å². The van der Waals surface area contributed by atoms with Crippen LogP contribution in [-0.4, -0.2) is 18.2 Å². The zero-order valence-corrected chi connectivity index (χ0v) is 14.4. The predicted molar refractivity (Wildman–Crippen MR) is 98.7 cm³/mol. The SMILES string of the molecule is c1ccc(Oc2ncccc2CNCc2ccc3c(c2)OCCO3)cc1. The fourth-order valence-electron chi connectivity index (χ4n) is 2.79. The molecule has 0 spiro atoms. The Hall–Kier alpha value is -3.05. The van der Waals surface area contributed by atoms with Crippen LogP contribution in [-0.2, 0) is 13.1 Å². The molecule has 26 heavy (non-hydrogen) atoms. The highest BCUT2D eigenvalue weighted by Crippen LogP contribution is 2.30. The fraction of sp³-hybridized carbons (Fsp3) is 0.190. The topological polar surface area (TPSA) is 52.6 Å². The average molecular weight is 348 g/mol. The van der Waals surface area contributed by atoms with Gasteiger partial charge in [-0.05, 0) is 35.9 Å². The van der Waals surface area contributed by atoms with Crippen LogP contribution >= 0.6 is 0 Å². The number of hydrogen-bond donors (Lipinski definition) is 1. The molecule has 2 aromatic carbocycles. The highest BCUT2D eigenvalue weighted by Gasteiger charge is 2.12. The number of hydrogen-bond acceptors (Lipinski definition) is 5. The van der Waals surface area contributed by atoms with Gasteiger partial charge in [0.1, 0.15) is 19.0 Å². The number of nitrogens with one attached hydrogen (secondary N) is 1. The van der Waals surface area contributed by atoms with E-state index in [1.165, 1.54) is 0 Å². The Bertz CT molecular complexity index is 868. The molecule has 0 bridgehead atoms. The summed E-state index contributed by atoms with van der Waals surface area (Å²) in [5, 5.41) is 3.43. The highest BCUT2D eigenvalue weighted by atomic mass is 16.6. The monoisotopic (exact) mass is 348 g/mol. The lowest BCUT2D eigenvalue weighted by molar-refractivity contribution is 0.171. The summed E-state index contributed by atoms with van der Waals surface area (Å²) in [5.41, 5.74) is 2.15. The third-order valence-corrected chi connectivity index (χ3v) is 4.06. The maximum atomic E-state index is 5.90. The van der Waals surface area contributed by atoms with Gasteiger partial charge in [0.25, 0.3) is 0 Å². The summed E-state index contributed by atoms with van der Waals surface area (Å²) in [4.78, 5) is 4.36. The molecule has 132 valence electrons. The van der Waals surface area contributed by atoms with Gasteiger partial charge in [-0.1, -0.05) is 30.3 Å². The van der Waals surface area contributed by atoms with Crippen LogP contribution in [0.2, 0.25) is 0 Å². The largest absolute Gasteiger partial charge is 0.486 e. The molecule has 1 aliphatic heterocycles. The van der Waals surface area contributed by atoms with Crippen molar-refractivity contribution in [3.63, 3.8) is 0 Å². The molecular formula is C21H20N2O3. The third kappa shape index (κ3) is 3.95. The van der Waals surface area contributed by atoms with E-state index in [1.54, 1.807) is 6.20 Å². The van der Waals surface area contributed by atoms with E-state index >= 15 is 0 Å². The van der Waals surface area contributed by atoms with E-state index in [1.807, 2.05) is 60.7 Å². The van der Waals surface area contributed by atoms with Crippen molar-refractivity contribution in [2.45, 2.75) is 13.1 Å². The minimum Gasteiger partial charge on any atom is -0.486 e. The number of aromatic nitrogens is 1. The van der Waals surface area contributed by atoms with Gasteiger partial charge in [0, 0.05) is 24.8 Å². The number of ether oxygens (including phenoxy) is 3. The second-order valence-corrected chi connectivity index (χ2v) is 5.96. The molecule has 0 fully saturated rings. The molecule has 2 heterocycles. The van der Waals surface area contributed by atoms with E-state index in [9.17, 15) is 0 Å². The summed E-state index contributed by atoms with van der Waals surface area (Å²) in [5.74, 6) is 3.02. The smallest absolute Gasteiger partial charge is 0.223 e. The van der Waals surface area contributed by atoms with Crippen LogP contribution in [0.3, 0.4) is 0 Å². The molecule has 0 aliphatic carbocycles. The van der Waals surface area contributed by atoms with Crippen LogP contribution < -0.4 is 19.5 Å². The van der Waals surface area contributed by atoms with E-state index < -0.39 is 0 Å². The van der Waals surface area contributed by atoms with Crippen molar-refractivity contribution in [3.8, 4) is 23.1 Å². The number of para-hydroxylation sites is 1. The van der Waals surface area contributed by atoms with E-state index in [2.05, 4.69) is 10.3 Å². The molecule has 0 atom stereocenters. The lowest BCUT2D eigenvalue weighted by Crippen LogP contribution is -2.17. The van der Waals surface area contributed by atoms with Gasteiger partial charge >= 0.3 is 0 Å². The molecular weight excluding hydrogens is 328 g/mol. The maximum Gasteiger partial charge on any atom is 0.223 e. The fourth-order valence-corrected chi connectivity index (χ4v) is 2.79. The highest BCUT2D eigenvalue weighted by molar-refractivity contribution is 5.43. The molecule has 0 amide bonds. The molecule has 0 saturated carbocycles. The van der Waals surface area contributed by atoms with Gasteiger partial charge in [-0.25, -0.2) is 4.98 Å². The number of benzene rings is 2. The zero-order valence-electron chi connectivity index (χ0n) is 14.4. The van der Waals surface area contributed by atoms with Crippen LogP contribution in [0.4, 0.5) is 0 Å². The molecule has 4 rings (SSSR count). The summed E-state index contributed by atoms with van der Waals surface area (Å²) in [6, 6.07) is 19.6. The predicted octanol–water partition coefficient (Wildman–Crippen LogP) is 3.93. The first-order valence-electron chi connectivity index (χ1n) is 8.64. The van der Waals surface area contributed by atoms with Crippen LogP contribution in [0.15, 0.2) is 66.9 Å². The summed E-state index contributed by atoms with van der Waals surface area (Å²) in [7, 11) is 0. The van der Waals surface area contributed by atoms with Gasteiger partial charge < -0.3 is 19.5 Å². The van der Waals surface area contributed by atoms with Crippen LogP contribution in [0, 0.1) is 0 Å². The van der Waals surface area contributed by atoms with Gasteiger partial charge in [0.15, 0.2) is 11.5 Å². The van der Waals surface area contributed by atoms with Crippen LogP contribution in [0.25, 0.3) is 0 Å². The molecule has 5 nitrogen and oxygen atoms in total. The molecule has 3 aromatic rings. The Labute approximate surface area is 152 Å². The minimum absolute atomic E-state index is 0.597. The Kier molecular flexibility index (Phi) is 4.98. The van der Waals surface area contributed by atoms with Gasteiger partial charge in [-0.15, -0.1) is 0 Å². The first kappa shape index (κ1) is 16.4. The summed E-state index contributed by atoms with van der Waals surface area (Å²) in [6.45, 7) is 2.58. The van der Waals surface area contributed by atoms with E-state index in [4.69, 9.17) is 14.2 Å². The molecule has 0 saturated heterocycles. The summed E-state index contributed by atoms with van der Waals surface area (Å²) >= 11 is 0. The summed E-state index contributed by atoms with van der Waals surface area (Å²) in [6.07, 6.45) is 1.74. The average Bonchev–Trinajstić information content (AvgIpc) is 2.70. The van der Waals surface area contributed by atoms with Crippen molar-refractivity contribution >= 4 is 0 Å². The second-order valence-electron chi connectivity index (χ2n) is 5.96. The van der Waals surface area contributed by atoms with E-state index in [0.717, 1.165) is 34.9 Å². The van der Waals surface area contributed by atoms with Crippen molar-refractivity contribution in [1.29, 1.82) is 0 Å². The molecule has 1 aromatic heterocycles. The van der Waals surface area contributed by atoms with Crippen LogP contribution in [0.5, 0.6) is 23.1 Å². The standard InChI is InChI=1S/C21H20N2O3/c1-2-6-18(7-3-1)26-21-17(5-4-10-23-21)15-22-14-16-8-9-19-20(13-16)25-12-11-24-19/h1-10,13,22H,11-12,14-15H2. The Morgan fingerprint density at radius 3 is 2.62 bits per heavy atom. The molecule has 5 heteroatoms. The van der Waals surface area contributed by atoms with Crippen molar-refractivity contribution in [2.75, 3.05) is 13.2 Å². The van der Waals surface area contributed by atoms with Gasteiger partial charge in [-0.3, -0.25) is 0 Å². The molecule has 0 unspecified atom stereocenters. The first-order chi connectivity index (χ1) is 12.9. The first-order valence-corrected chi connectivity index (χ1v) is 8.64. The van der Waals surface area contributed by atoms with Crippen molar-refractivity contribution in [1.82, 2.24) is 10.3 Å². The maximum absolute atomic E-state index is 5.90. The minimum atomic E-state index is 0.597. The molecule has 1 aliphatic rings. The van der Waals surface area contributed by atoms with Gasteiger partial charge in [0.2, 0.25) is 5.88 Å². The third-order valence-electron chi connectivity index (χ3n) is 4.06. The number of fused-ring (bicyclic) bond motifs is 1. The zero-order chi connectivity index (χ0) is 17.6. The van der Waals surface area contributed by atoms with Gasteiger partial charge in [-0.2, -0.15) is 0 Å². The lowest BCUT2D eigenvalue weighted by atomic mass is 10.2. The number of pyridine rings is 1. The normalized spacial score (nSPS) is 12.6. The van der Waals surface area contributed by atoms with E-state index in [-0.39, 0.29) is 0 Å². The second kappa shape index (κ2) is 7.89. The Balaban J connectivity index is 1.39. The number of nitrogens with zero attached hydrogens (tertiary/aromatic N) is 1. The quantitative estimate of drug-likeness (QED) is 0.731. The van der Waals surface area contributed by atoms with Crippen molar-refractivity contribution in [3.05, 3.63) is 78.0 Å². The van der Waals surface area contributed by atoms with Crippen LogP contribution in [0.1, 0.15) is 11.1 Å². The summed E-state index contributed by atoms with van der Waals surface area (Å²) < 4.78 is 17.1. The molecule has 0 radical (unpaired) electrons. The molecule has 1 N–H and O–H groups in total. The Morgan fingerprint density at radius 2 is 1.73 bits per heavy atom.